The average molecular weight is 486 g/mol. The van der Waals surface area contributed by atoms with Crippen LogP contribution in [0, 0.1) is 5.92 Å². The molecule has 0 spiro atoms. The first-order valence-electron chi connectivity index (χ1n) is 11.1. The summed E-state index contributed by atoms with van der Waals surface area (Å²) in [5.41, 5.74) is 0.278. The summed E-state index contributed by atoms with van der Waals surface area (Å²) < 4.78 is 43.3. The normalized spacial score (nSPS) is 16.0. The number of esters is 1. The Kier molecular flexibility index (Phi) is 10.1. The number of morpholine rings is 1. The van der Waals surface area contributed by atoms with Crippen LogP contribution in [0.15, 0.2) is 23.1 Å². The molecule has 33 heavy (non-hydrogen) atoms. The smallest absolute Gasteiger partial charge is 0.309 e. The van der Waals surface area contributed by atoms with E-state index >= 15 is 0 Å². The molecule has 2 rings (SSSR count). The van der Waals surface area contributed by atoms with Crippen molar-refractivity contribution in [2.45, 2.75) is 38.7 Å². The third kappa shape index (κ3) is 7.66. The Bertz CT molecular complexity index is 915. The minimum atomic E-state index is -3.74. The van der Waals surface area contributed by atoms with Crippen LogP contribution < -0.4 is 10.1 Å². The molecule has 0 saturated carbocycles. The third-order valence-corrected chi connectivity index (χ3v) is 7.04. The first kappa shape index (κ1) is 27.0. The first-order chi connectivity index (χ1) is 15.6. The number of likely N-dealkylation sites (N-methyl/N-ethyl adjacent to an activating group) is 1. The highest BCUT2D eigenvalue weighted by Gasteiger charge is 2.28. The van der Waals surface area contributed by atoms with Crippen LogP contribution in [-0.2, 0) is 29.1 Å². The summed E-state index contributed by atoms with van der Waals surface area (Å²) in [6.45, 7) is 9.49. The molecule has 1 aromatic rings. The molecule has 1 atom stereocenters. The molecular weight excluding hydrogens is 450 g/mol. The average Bonchev–Trinajstić information content (AvgIpc) is 2.79. The molecule has 186 valence electrons. The summed E-state index contributed by atoms with van der Waals surface area (Å²) in [7, 11) is -2.41. The van der Waals surface area contributed by atoms with E-state index in [9.17, 15) is 18.0 Å². The van der Waals surface area contributed by atoms with Crippen LogP contribution in [0.1, 0.15) is 27.7 Å². The van der Waals surface area contributed by atoms with Crippen molar-refractivity contribution in [3.8, 4) is 5.75 Å². The van der Waals surface area contributed by atoms with Crippen molar-refractivity contribution in [1.82, 2.24) is 9.21 Å². The number of rotatable bonds is 11. The van der Waals surface area contributed by atoms with Crippen LogP contribution in [0.3, 0.4) is 0 Å². The zero-order valence-corrected chi connectivity index (χ0v) is 20.8. The lowest BCUT2D eigenvalue weighted by molar-refractivity contribution is -0.145. The molecule has 1 unspecified atom stereocenters. The summed E-state index contributed by atoms with van der Waals surface area (Å²) in [6.07, 6.45) is -0.171. The summed E-state index contributed by atoms with van der Waals surface area (Å²) in [6, 6.07) is 4.46. The van der Waals surface area contributed by atoms with Crippen LogP contribution in [0.2, 0.25) is 0 Å². The number of carbonyl (C=O) groups is 2. The van der Waals surface area contributed by atoms with Crippen molar-refractivity contribution in [1.29, 1.82) is 0 Å². The third-order valence-electron chi connectivity index (χ3n) is 5.15. The molecule has 0 bridgehead atoms. The maximum atomic E-state index is 13.1. The molecule has 1 N–H and O–H groups in total. The number of anilines is 1. The van der Waals surface area contributed by atoms with Gasteiger partial charge in [0.15, 0.2) is 0 Å². The summed E-state index contributed by atoms with van der Waals surface area (Å²) in [5, 5.41) is 2.78. The van der Waals surface area contributed by atoms with E-state index in [-0.39, 0.29) is 54.1 Å². The van der Waals surface area contributed by atoms with Gasteiger partial charge in [-0.2, -0.15) is 4.31 Å². The molecule has 1 aliphatic rings. The van der Waals surface area contributed by atoms with Gasteiger partial charge >= 0.3 is 5.97 Å². The van der Waals surface area contributed by atoms with E-state index in [0.717, 1.165) is 0 Å². The zero-order valence-electron chi connectivity index (χ0n) is 20.0. The van der Waals surface area contributed by atoms with E-state index in [1.807, 2.05) is 25.7 Å². The van der Waals surface area contributed by atoms with Crippen molar-refractivity contribution in [3.05, 3.63) is 18.2 Å². The standard InChI is InChI=1S/C22H35N3O7S/c1-6-24(14-17(4)22(27)30-5)15-21(26)23-19-13-18(7-8-20(19)32-16(2)3)33(28,29)25-9-11-31-12-10-25/h7-8,13,16-17H,6,9-12,14-15H2,1-5H3,(H,23,26). The minimum absolute atomic E-state index is 0.0272. The van der Waals surface area contributed by atoms with Crippen LogP contribution in [-0.4, -0.2) is 88.7 Å². The number of hydrogen-bond donors (Lipinski definition) is 1. The molecule has 1 saturated heterocycles. The van der Waals surface area contributed by atoms with Gasteiger partial charge < -0.3 is 19.5 Å². The fourth-order valence-corrected chi connectivity index (χ4v) is 4.86. The van der Waals surface area contributed by atoms with Gasteiger partial charge in [0, 0.05) is 19.6 Å². The topological polar surface area (TPSA) is 114 Å². The van der Waals surface area contributed by atoms with Gasteiger partial charge in [0.05, 0.1) is 49.5 Å². The fraction of sp³-hybridized carbons (Fsp3) is 0.636. The second-order valence-electron chi connectivity index (χ2n) is 8.14. The van der Waals surface area contributed by atoms with Gasteiger partial charge in [-0.15, -0.1) is 0 Å². The Hall–Kier alpha value is -2.21. The van der Waals surface area contributed by atoms with Crippen LogP contribution in [0.5, 0.6) is 5.75 Å². The predicted molar refractivity (Wildman–Crippen MR) is 124 cm³/mol. The molecule has 1 fully saturated rings. The molecule has 0 aliphatic carbocycles. The summed E-state index contributed by atoms with van der Waals surface area (Å²) in [5.74, 6) is -0.694. The van der Waals surface area contributed by atoms with E-state index < -0.39 is 10.0 Å². The zero-order chi connectivity index (χ0) is 24.6. The van der Waals surface area contributed by atoms with Gasteiger partial charge in [0.25, 0.3) is 0 Å². The molecule has 0 radical (unpaired) electrons. The quantitative estimate of drug-likeness (QED) is 0.470. The molecule has 1 aliphatic heterocycles. The number of benzene rings is 1. The minimum Gasteiger partial charge on any atom is -0.489 e. The molecule has 1 heterocycles. The van der Waals surface area contributed by atoms with Gasteiger partial charge in [0.2, 0.25) is 15.9 Å². The Morgan fingerprint density at radius 3 is 2.45 bits per heavy atom. The summed E-state index contributed by atoms with van der Waals surface area (Å²) in [4.78, 5) is 26.4. The van der Waals surface area contributed by atoms with Crippen molar-refractivity contribution in [3.63, 3.8) is 0 Å². The fourth-order valence-electron chi connectivity index (χ4n) is 3.42. The van der Waals surface area contributed by atoms with E-state index in [1.165, 1.54) is 23.5 Å². The van der Waals surface area contributed by atoms with E-state index in [2.05, 4.69) is 5.32 Å². The maximum Gasteiger partial charge on any atom is 0.309 e. The van der Waals surface area contributed by atoms with Crippen molar-refractivity contribution in [2.75, 3.05) is 58.4 Å². The van der Waals surface area contributed by atoms with Crippen molar-refractivity contribution in [2.24, 2.45) is 5.92 Å². The largest absolute Gasteiger partial charge is 0.489 e. The lowest BCUT2D eigenvalue weighted by atomic mass is 10.1. The van der Waals surface area contributed by atoms with Gasteiger partial charge in [-0.3, -0.25) is 14.5 Å². The molecular formula is C22H35N3O7S. The van der Waals surface area contributed by atoms with Crippen LogP contribution in [0.4, 0.5) is 5.69 Å². The highest BCUT2D eigenvalue weighted by Crippen LogP contribution is 2.30. The lowest BCUT2D eigenvalue weighted by Crippen LogP contribution is -2.40. The number of carbonyl (C=O) groups excluding carboxylic acids is 2. The maximum absolute atomic E-state index is 13.1. The number of hydrogen-bond acceptors (Lipinski definition) is 8. The Morgan fingerprint density at radius 1 is 1.21 bits per heavy atom. The van der Waals surface area contributed by atoms with Crippen LogP contribution >= 0.6 is 0 Å². The number of methoxy groups -OCH3 is 1. The van der Waals surface area contributed by atoms with E-state index in [4.69, 9.17) is 14.2 Å². The molecule has 1 amide bonds. The van der Waals surface area contributed by atoms with Gasteiger partial charge in [-0.1, -0.05) is 13.8 Å². The second-order valence-corrected chi connectivity index (χ2v) is 10.1. The van der Waals surface area contributed by atoms with Gasteiger partial charge in [-0.25, -0.2) is 8.42 Å². The lowest BCUT2D eigenvalue weighted by Gasteiger charge is -2.26. The Morgan fingerprint density at radius 2 is 1.88 bits per heavy atom. The van der Waals surface area contributed by atoms with Gasteiger partial charge in [0.1, 0.15) is 5.75 Å². The van der Waals surface area contributed by atoms with E-state index in [0.29, 0.717) is 32.1 Å². The van der Waals surface area contributed by atoms with Crippen LogP contribution in [0.25, 0.3) is 0 Å². The number of sulfonamides is 1. The predicted octanol–water partition coefficient (Wildman–Crippen LogP) is 1.56. The second kappa shape index (κ2) is 12.3. The molecule has 10 nitrogen and oxygen atoms in total. The molecule has 1 aromatic carbocycles. The molecule has 0 aromatic heterocycles. The highest BCUT2D eigenvalue weighted by molar-refractivity contribution is 7.89. The van der Waals surface area contributed by atoms with Crippen molar-refractivity contribution >= 4 is 27.6 Å². The molecule has 11 heteroatoms. The first-order valence-corrected chi connectivity index (χ1v) is 12.5. The Balaban J connectivity index is 2.22. The highest BCUT2D eigenvalue weighted by atomic mass is 32.2. The number of nitrogens with zero attached hydrogens (tertiary/aromatic N) is 2. The monoisotopic (exact) mass is 485 g/mol. The number of nitrogens with one attached hydrogen (secondary N) is 1. The Labute approximate surface area is 196 Å². The number of ether oxygens (including phenoxy) is 3. The van der Waals surface area contributed by atoms with E-state index in [1.54, 1.807) is 13.0 Å². The summed E-state index contributed by atoms with van der Waals surface area (Å²) >= 11 is 0. The SMILES string of the molecule is CCN(CC(=O)Nc1cc(S(=O)(=O)N2CCOCC2)ccc1OC(C)C)CC(C)C(=O)OC. The van der Waals surface area contributed by atoms with Gasteiger partial charge in [-0.05, 0) is 38.6 Å². The number of amides is 1. The van der Waals surface area contributed by atoms with Crippen molar-refractivity contribution < 1.29 is 32.2 Å².